The van der Waals surface area contributed by atoms with Crippen molar-refractivity contribution in [2.45, 2.75) is 6.61 Å². The zero-order chi connectivity index (χ0) is 5.98. The van der Waals surface area contributed by atoms with E-state index in [1.807, 2.05) is 0 Å². The van der Waals surface area contributed by atoms with Crippen LogP contribution in [0, 0.1) is 0 Å². The molecule has 1 heterocycles. The van der Waals surface area contributed by atoms with E-state index < -0.39 is 0 Å². The number of nitrogens with zero attached hydrogens (tertiary/aromatic N) is 2. The van der Waals surface area contributed by atoms with Crippen LogP contribution in [0.2, 0.25) is 0 Å². The first-order valence-electron chi connectivity index (χ1n) is 2.02. The van der Waals surface area contributed by atoms with Crippen LogP contribution in [0.15, 0.2) is 0 Å². The van der Waals surface area contributed by atoms with E-state index >= 15 is 0 Å². The lowest BCUT2D eigenvalue weighted by Crippen LogP contribution is -1.89. The van der Waals surface area contributed by atoms with Gasteiger partial charge in [0.05, 0.1) is 11.5 Å². The van der Waals surface area contributed by atoms with E-state index in [-0.39, 0.29) is 6.61 Å². The summed E-state index contributed by atoms with van der Waals surface area (Å²) in [5.74, 6) is 0.331. The fourth-order valence-electron chi connectivity index (χ4n) is 0.326. The van der Waals surface area contributed by atoms with Crippen molar-refractivity contribution in [3.63, 3.8) is 0 Å². The van der Waals surface area contributed by atoms with Gasteiger partial charge in [-0.1, -0.05) is 4.49 Å². The minimum absolute atomic E-state index is 0.0660. The lowest BCUT2D eigenvalue weighted by molar-refractivity contribution is 0.286. The van der Waals surface area contributed by atoms with Gasteiger partial charge in [0.2, 0.25) is 0 Å². The van der Waals surface area contributed by atoms with E-state index in [0.717, 1.165) is 11.5 Å². The third kappa shape index (κ3) is 0.775. The van der Waals surface area contributed by atoms with Crippen LogP contribution in [0.5, 0.6) is 0 Å². The summed E-state index contributed by atoms with van der Waals surface area (Å²) in [7, 11) is 0. The summed E-state index contributed by atoms with van der Waals surface area (Å²) in [6.07, 6.45) is 0. The molecule has 3 N–H and O–H groups in total. The Kier molecular flexibility index (Phi) is 1.40. The molecule has 0 aliphatic rings. The van der Waals surface area contributed by atoms with E-state index in [0.29, 0.717) is 10.7 Å². The molecular formula is C3H5N3OS. The van der Waals surface area contributed by atoms with Crippen molar-refractivity contribution < 1.29 is 5.11 Å². The lowest BCUT2D eigenvalue weighted by atomic mass is 10.5. The Hall–Kier alpha value is -0.680. The van der Waals surface area contributed by atoms with Gasteiger partial charge in [0.25, 0.3) is 0 Å². The topological polar surface area (TPSA) is 72.0 Å². The highest BCUT2D eigenvalue weighted by molar-refractivity contribution is 7.05. The molecule has 0 atom stereocenters. The third-order valence-electron chi connectivity index (χ3n) is 0.729. The average molecular weight is 131 g/mol. The highest BCUT2D eigenvalue weighted by Crippen LogP contribution is 2.10. The number of aromatic nitrogens is 2. The van der Waals surface area contributed by atoms with Crippen molar-refractivity contribution >= 4 is 17.4 Å². The van der Waals surface area contributed by atoms with Crippen molar-refractivity contribution in [1.29, 1.82) is 0 Å². The number of aliphatic hydroxyl groups excluding tert-OH is 1. The Labute approximate surface area is 50.1 Å². The van der Waals surface area contributed by atoms with Gasteiger partial charge in [0.15, 0.2) is 5.82 Å². The fourth-order valence-corrected chi connectivity index (χ4v) is 0.746. The highest BCUT2D eigenvalue weighted by Gasteiger charge is 1.98. The van der Waals surface area contributed by atoms with Gasteiger partial charge >= 0.3 is 0 Å². The smallest absolute Gasteiger partial charge is 0.164 e. The van der Waals surface area contributed by atoms with Crippen LogP contribution in [0.4, 0.5) is 5.82 Å². The standard InChI is InChI=1S/C3H5N3OS/c4-3-2(1-7)8-6-5-3/h7H,1,4H2. The molecule has 1 aromatic rings. The zero-order valence-corrected chi connectivity index (χ0v) is 4.85. The summed E-state index contributed by atoms with van der Waals surface area (Å²) < 4.78 is 3.50. The van der Waals surface area contributed by atoms with E-state index in [4.69, 9.17) is 10.8 Å². The molecule has 0 aliphatic heterocycles. The van der Waals surface area contributed by atoms with E-state index in [2.05, 4.69) is 9.59 Å². The van der Waals surface area contributed by atoms with Crippen LogP contribution in [-0.2, 0) is 6.61 Å². The molecule has 44 valence electrons. The zero-order valence-electron chi connectivity index (χ0n) is 4.03. The van der Waals surface area contributed by atoms with Crippen molar-refractivity contribution in [3.8, 4) is 0 Å². The maximum atomic E-state index is 8.46. The summed E-state index contributed by atoms with van der Waals surface area (Å²) in [5.41, 5.74) is 5.23. The largest absolute Gasteiger partial charge is 0.391 e. The summed E-state index contributed by atoms with van der Waals surface area (Å²) in [6, 6.07) is 0. The molecule has 5 heteroatoms. The maximum Gasteiger partial charge on any atom is 0.164 e. The molecule has 4 nitrogen and oxygen atoms in total. The number of anilines is 1. The Bertz CT molecular complexity index is 175. The molecule has 1 rings (SSSR count). The third-order valence-corrected chi connectivity index (χ3v) is 1.45. The summed E-state index contributed by atoms with van der Waals surface area (Å²) >= 11 is 1.11. The van der Waals surface area contributed by atoms with Gasteiger partial charge in [-0.3, -0.25) is 0 Å². The van der Waals surface area contributed by atoms with Gasteiger partial charge in [0.1, 0.15) is 0 Å². The van der Waals surface area contributed by atoms with Crippen molar-refractivity contribution in [2.75, 3.05) is 5.73 Å². The first-order chi connectivity index (χ1) is 3.84. The summed E-state index contributed by atoms with van der Waals surface area (Å²) in [5, 5.41) is 11.9. The molecule has 0 aliphatic carbocycles. The normalized spacial score (nSPS) is 9.62. The Balaban J connectivity index is 2.92. The van der Waals surface area contributed by atoms with Crippen LogP contribution in [0.25, 0.3) is 0 Å². The molecule has 0 amide bonds. The molecule has 0 aromatic carbocycles. The Morgan fingerprint density at radius 3 is 2.75 bits per heavy atom. The molecule has 0 saturated carbocycles. The average Bonchev–Trinajstić information content (AvgIpc) is 2.14. The molecule has 0 bridgehead atoms. The van der Waals surface area contributed by atoms with E-state index in [9.17, 15) is 0 Å². The first-order valence-corrected chi connectivity index (χ1v) is 2.79. The SMILES string of the molecule is Nc1nnsc1CO. The Morgan fingerprint density at radius 2 is 2.50 bits per heavy atom. The van der Waals surface area contributed by atoms with Gasteiger partial charge in [-0.15, -0.1) is 5.10 Å². The lowest BCUT2D eigenvalue weighted by Gasteiger charge is -1.83. The number of nitrogens with two attached hydrogens (primary N) is 1. The van der Waals surface area contributed by atoms with Crippen LogP contribution in [0.1, 0.15) is 4.88 Å². The highest BCUT2D eigenvalue weighted by atomic mass is 32.1. The van der Waals surface area contributed by atoms with E-state index in [1.54, 1.807) is 0 Å². The molecule has 0 fully saturated rings. The fraction of sp³-hybridized carbons (Fsp3) is 0.333. The number of hydrogen-bond donors (Lipinski definition) is 2. The van der Waals surface area contributed by atoms with Crippen molar-refractivity contribution in [3.05, 3.63) is 4.88 Å². The van der Waals surface area contributed by atoms with Gasteiger partial charge in [-0.2, -0.15) is 0 Å². The summed E-state index contributed by atoms with van der Waals surface area (Å²) in [4.78, 5) is 0.630. The minimum atomic E-state index is -0.0660. The van der Waals surface area contributed by atoms with Gasteiger partial charge < -0.3 is 10.8 Å². The van der Waals surface area contributed by atoms with Crippen LogP contribution in [-0.4, -0.2) is 14.7 Å². The first kappa shape index (κ1) is 5.46. The molecule has 0 radical (unpaired) electrons. The Morgan fingerprint density at radius 1 is 1.75 bits per heavy atom. The second-order valence-corrected chi connectivity index (χ2v) is 2.08. The number of hydrogen-bond acceptors (Lipinski definition) is 5. The maximum absolute atomic E-state index is 8.46. The van der Waals surface area contributed by atoms with Crippen LogP contribution >= 0.6 is 11.5 Å². The number of aliphatic hydroxyl groups is 1. The quantitative estimate of drug-likeness (QED) is 0.544. The van der Waals surface area contributed by atoms with E-state index in [1.165, 1.54) is 0 Å². The second-order valence-electron chi connectivity index (χ2n) is 1.24. The van der Waals surface area contributed by atoms with Gasteiger partial charge in [-0.05, 0) is 11.5 Å². The molecule has 0 saturated heterocycles. The summed E-state index contributed by atoms with van der Waals surface area (Å²) in [6.45, 7) is -0.0660. The van der Waals surface area contributed by atoms with Crippen LogP contribution in [0.3, 0.4) is 0 Å². The molecule has 1 aromatic heterocycles. The number of rotatable bonds is 1. The van der Waals surface area contributed by atoms with Crippen molar-refractivity contribution in [1.82, 2.24) is 9.59 Å². The van der Waals surface area contributed by atoms with Gasteiger partial charge in [-0.25, -0.2) is 0 Å². The monoisotopic (exact) mass is 131 g/mol. The van der Waals surface area contributed by atoms with Crippen LogP contribution < -0.4 is 5.73 Å². The van der Waals surface area contributed by atoms with Gasteiger partial charge in [0, 0.05) is 0 Å². The molecule has 0 spiro atoms. The molecular weight excluding hydrogens is 126 g/mol. The predicted molar refractivity (Wildman–Crippen MR) is 30.2 cm³/mol. The molecule has 8 heavy (non-hydrogen) atoms. The predicted octanol–water partition coefficient (Wildman–Crippen LogP) is -0.387. The molecule has 0 unspecified atom stereocenters. The second kappa shape index (κ2) is 2.06. The van der Waals surface area contributed by atoms with Crippen molar-refractivity contribution in [2.24, 2.45) is 0 Å². The minimum Gasteiger partial charge on any atom is -0.391 e. The number of nitrogen functional groups attached to an aromatic ring is 1.